The molecule has 1 atom stereocenters. The number of carbonyl (C=O) groups is 3. The van der Waals surface area contributed by atoms with Crippen molar-refractivity contribution in [1.29, 1.82) is 0 Å². The van der Waals surface area contributed by atoms with Crippen LogP contribution in [0.25, 0.3) is 0 Å². The maximum atomic E-state index is 13.6. The predicted octanol–water partition coefficient (Wildman–Crippen LogP) is 3.60. The summed E-state index contributed by atoms with van der Waals surface area (Å²) in [6, 6.07) is 12.9. The van der Waals surface area contributed by atoms with E-state index in [2.05, 4.69) is 12.2 Å². The zero-order valence-electron chi connectivity index (χ0n) is 18.8. The second-order valence-corrected chi connectivity index (χ2v) is 8.15. The van der Waals surface area contributed by atoms with Gasteiger partial charge >= 0.3 is 0 Å². The number of unbranched alkanes of at least 4 members (excludes halogenated alkanes) is 1. The van der Waals surface area contributed by atoms with Crippen LogP contribution in [0.3, 0.4) is 0 Å². The largest absolute Gasteiger partial charge is 0.497 e. The van der Waals surface area contributed by atoms with Crippen LogP contribution in [0.4, 0.5) is 11.4 Å². The Morgan fingerprint density at radius 3 is 2.41 bits per heavy atom. The lowest BCUT2D eigenvalue weighted by atomic mass is 9.90. The molecule has 0 radical (unpaired) electrons. The zero-order chi connectivity index (χ0) is 23.0. The van der Waals surface area contributed by atoms with Gasteiger partial charge in [-0.15, -0.1) is 0 Å². The summed E-state index contributed by atoms with van der Waals surface area (Å²) >= 11 is 0. The third-order valence-corrected chi connectivity index (χ3v) is 6.00. The number of fused-ring (bicyclic) bond motifs is 1. The molecule has 2 heterocycles. The standard InChI is InChI=1S/C25H27N3O4/c1-5-6-13-28-19-12-7-15(2)14-18(19)20(24(28)30)21-22(25(31)27(3)23(21)29)26-16-8-10-17(32-4)11-9-16/h7-12,14,20,26H,5-6,13H2,1-4H3. The fourth-order valence-corrected chi connectivity index (χ4v) is 4.25. The predicted molar refractivity (Wildman–Crippen MR) is 123 cm³/mol. The third kappa shape index (κ3) is 3.53. The zero-order valence-corrected chi connectivity index (χ0v) is 18.8. The van der Waals surface area contributed by atoms with Crippen molar-refractivity contribution in [1.82, 2.24) is 4.90 Å². The molecule has 0 saturated carbocycles. The number of benzene rings is 2. The van der Waals surface area contributed by atoms with Crippen LogP contribution >= 0.6 is 0 Å². The smallest absolute Gasteiger partial charge is 0.277 e. The summed E-state index contributed by atoms with van der Waals surface area (Å²) < 4.78 is 5.19. The molecule has 0 saturated heterocycles. The van der Waals surface area contributed by atoms with Crippen LogP contribution in [0.15, 0.2) is 53.7 Å². The summed E-state index contributed by atoms with van der Waals surface area (Å²) in [7, 11) is 3.02. The van der Waals surface area contributed by atoms with E-state index in [4.69, 9.17) is 4.74 Å². The van der Waals surface area contributed by atoms with Gasteiger partial charge in [0.05, 0.1) is 18.6 Å². The highest BCUT2D eigenvalue weighted by Crippen LogP contribution is 2.45. The molecule has 0 aromatic heterocycles. The highest BCUT2D eigenvalue weighted by atomic mass is 16.5. The summed E-state index contributed by atoms with van der Waals surface area (Å²) in [4.78, 5) is 42.6. The summed E-state index contributed by atoms with van der Waals surface area (Å²) in [6.07, 6.45) is 1.80. The minimum Gasteiger partial charge on any atom is -0.497 e. The van der Waals surface area contributed by atoms with E-state index in [1.807, 2.05) is 25.1 Å². The van der Waals surface area contributed by atoms with Crippen LogP contribution in [-0.2, 0) is 14.4 Å². The Bertz CT molecular complexity index is 1120. The van der Waals surface area contributed by atoms with Crippen LogP contribution in [0.2, 0.25) is 0 Å². The van der Waals surface area contributed by atoms with Gasteiger partial charge in [-0.2, -0.15) is 0 Å². The van der Waals surface area contributed by atoms with E-state index in [0.717, 1.165) is 34.6 Å². The molecule has 166 valence electrons. The van der Waals surface area contributed by atoms with Gasteiger partial charge in [-0.3, -0.25) is 19.3 Å². The number of imide groups is 1. The number of methoxy groups -OCH3 is 1. The lowest BCUT2D eigenvalue weighted by molar-refractivity contribution is -0.136. The second-order valence-electron chi connectivity index (χ2n) is 8.15. The normalized spacial score (nSPS) is 18.0. The molecule has 0 aliphatic carbocycles. The number of likely N-dealkylation sites (N-methyl/N-ethyl adjacent to an activating group) is 1. The highest BCUT2D eigenvalue weighted by molar-refractivity contribution is 6.25. The topological polar surface area (TPSA) is 79.0 Å². The van der Waals surface area contributed by atoms with Gasteiger partial charge in [-0.05, 0) is 49.2 Å². The minimum atomic E-state index is -0.816. The molecule has 2 aliphatic heterocycles. The van der Waals surface area contributed by atoms with Gasteiger partial charge in [0.25, 0.3) is 11.8 Å². The van der Waals surface area contributed by atoms with Crippen molar-refractivity contribution in [2.24, 2.45) is 0 Å². The molecule has 2 aromatic carbocycles. The van der Waals surface area contributed by atoms with Crippen LogP contribution in [0.1, 0.15) is 36.8 Å². The first-order valence-electron chi connectivity index (χ1n) is 10.8. The molecule has 7 nitrogen and oxygen atoms in total. The van der Waals surface area contributed by atoms with Gasteiger partial charge < -0.3 is 15.0 Å². The quantitative estimate of drug-likeness (QED) is 0.675. The van der Waals surface area contributed by atoms with Gasteiger partial charge in [0.15, 0.2) is 0 Å². The number of anilines is 2. The molecule has 3 amide bonds. The van der Waals surface area contributed by atoms with E-state index in [-0.39, 0.29) is 17.2 Å². The lowest BCUT2D eigenvalue weighted by Crippen LogP contribution is -2.32. The van der Waals surface area contributed by atoms with E-state index < -0.39 is 17.7 Å². The monoisotopic (exact) mass is 433 g/mol. The number of nitrogens with one attached hydrogen (secondary N) is 1. The average Bonchev–Trinajstić information content (AvgIpc) is 3.17. The Hall–Kier alpha value is -3.61. The first kappa shape index (κ1) is 21.6. The van der Waals surface area contributed by atoms with Crippen molar-refractivity contribution >= 4 is 29.1 Å². The van der Waals surface area contributed by atoms with Crippen LogP contribution < -0.4 is 15.0 Å². The average molecular weight is 434 g/mol. The first-order chi connectivity index (χ1) is 15.4. The molecule has 2 aliphatic rings. The number of hydrogen-bond acceptors (Lipinski definition) is 5. The molecule has 1 unspecified atom stereocenters. The second kappa shape index (κ2) is 8.49. The van der Waals surface area contributed by atoms with Crippen molar-refractivity contribution in [3.8, 4) is 5.75 Å². The number of carbonyl (C=O) groups excluding carboxylic acids is 3. The van der Waals surface area contributed by atoms with Crippen molar-refractivity contribution in [3.05, 3.63) is 64.9 Å². The molecule has 7 heteroatoms. The number of aryl methyl sites for hydroxylation is 1. The summed E-state index contributed by atoms with van der Waals surface area (Å²) in [5, 5.41) is 3.10. The van der Waals surface area contributed by atoms with Crippen LogP contribution in [0.5, 0.6) is 5.75 Å². The fourth-order valence-electron chi connectivity index (χ4n) is 4.25. The van der Waals surface area contributed by atoms with Crippen LogP contribution in [-0.4, -0.2) is 43.3 Å². The Morgan fingerprint density at radius 1 is 1.03 bits per heavy atom. The third-order valence-electron chi connectivity index (χ3n) is 6.00. The van der Waals surface area contributed by atoms with Crippen LogP contribution in [0, 0.1) is 6.92 Å². The van der Waals surface area contributed by atoms with E-state index in [9.17, 15) is 14.4 Å². The highest BCUT2D eigenvalue weighted by Gasteiger charge is 2.48. The summed E-state index contributed by atoms with van der Waals surface area (Å²) in [5.41, 5.74) is 3.55. The van der Waals surface area contributed by atoms with E-state index in [1.54, 1.807) is 36.3 Å². The number of ether oxygens (including phenoxy) is 1. The minimum absolute atomic E-state index is 0.144. The van der Waals surface area contributed by atoms with E-state index in [0.29, 0.717) is 18.0 Å². The molecule has 0 spiro atoms. The molecule has 0 bridgehead atoms. The Labute approximate surface area is 187 Å². The molecule has 0 fully saturated rings. The number of nitrogens with zero attached hydrogens (tertiary/aromatic N) is 2. The number of hydrogen-bond donors (Lipinski definition) is 1. The molecular formula is C25H27N3O4. The van der Waals surface area contributed by atoms with Crippen molar-refractivity contribution in [2.75, 3.05) is 30.9 Å². The molecule has 2 aromatic rings. The molecule has 1 N–H and O–H groups in total. The molecular weight excluding hydrogens is 406 g/mol. The number of rotatable bonds is 7. The summed E-state index contributed by atoms with van der Waals surface area (Å²) in [6.45, 7) is 4.60. The fraction of sp³-hybridized carbons (Fsp3) is 0.320. The maximum absolute atomic E-state index is 13.6. The maximum Gasteiger partial charge on any atom is 0.277 e. The van der Waals surface area contributed by atoms with Gasteiger partial charge in [0, 0.05) is 25.0 Å². The lowest BCUT2D eigenvalue weighted by Gasteiger charge is -2.18. The molecule has 32 heavy (non-hydrogen) atoms. The Balaban J connectivity index is 1.81. The van der Waals surface area contributed by atoms with Crippen molar-refractivity contribution in [3.63, 3.8) is 0 Å². The summed E-state index contributed by atoms with van der Waals surface area (Å²) in [5.74, 6) is -1.20. The van der Waals surface area contributed by atoms with Crippen molar-refractivity contribution < 1.29 is 19.1 Å². The molecule has 4 rings (SSSR count). The van der Waals surface area contributed by atoms with Gasteiger partial charge in [0.2, 0.25) is 5.91 Å². The van der Waals surface area contributed by atoms with Gasteiger partial charge in [-0.1, -0.05) is 31.0 Å². The SMILES string of the molecule is CCCCN1C(=O)C(C2=C(Nc3ccc(OC)cc3)C(=O)N(C)C2=O)c2cc(C)ccc21. The van der Waals surface area contributed by atoms with Crippen molar-refractivity contribution in [2.45, 2.75) is 32.6 Å². The first-order valence-corrected chi connectivity index (χ1v) is 10.8. The number of amides is 3. The van der Waals surface area contributed by atoms with E-state index in [1.165, 1.54) is 7.05 Å². The Morgan fingerprint density at radius 2 is 1.75 bits per heavy atom. The van der Waals surface area contributed by atoms with Gasteiger partial charge in [-0.25, -0.2) is 0 Å². The van der Waals surface area contributed by atoms with Gasteiger partial charge in [0.1, 0.15) is 11.4 Å². The van der Waals surface area contributed by atoms with E-state index >= 15 is 0 Å². The Kier molecular flexibility index (Phi) is 5.74.